The first-order valence-electron chi connectivity index (χ1n) is 17.8. The molecule has 2 atom stereocenters. The number of sulfonamides is 2. The Morgan fingerprint density at radius 2 is 1.23 bits per heavy atom. The van der Waals surface area contributed by atoms with Crippen molar-refractivity contribution in [1.29, 1.82) is 0 Å². The molecule has 15 nitrogen and oxygen atoms in total. The Labute approximate surface area is 340 Å². The second kappa shape index (κ2) is 17.8. The van der Waals surface area contributed by atoms with Gasteiger partial charge >= 0.3 is 0 Å². The first-order chi connectivity index (χ1) is 26.9. The van der Waals surface area contributed by atoms with Crippen LogP contribution in [-0.2, 0) is 33.1 Å². The van der Waals surface area contributed by atoms with Crippen LogP contribution in [0.4, 0.5) is 0 Å². The average Bonchev–Trinajstić information content (AvgIpc) is 4.03. The lowest BCUT2D eigenvalue weighted by molar-refractivity contribution is 0.0923. The van der Waals surface area contributed by atoms with Crippen LogP contribution < -0.4 is 22.1 Å². The number of nitrogens with two attached hydrogens (primary N) is 2. The smallest absolute Gasteiger partial charge is 0.287 e. The zero-order valence-corrected chi connectivity index (χ0v) is 33.7. The average molecular weight is 853 g/mol. The van der Waals surface area contributed by atoms with Crippen LogP contribution in [0.5, 0.6) is 0 Å². The largest absolute Gasteiger partial charge is 0.449 e. The van der Waals surface area contributed by atoms with Gasteiger partial charge in [0, 0.05) is 75.3 Å². The fourth-order valence-electron chi connectivity index (χ4n) is 6.33. The summed E-state index contributed by atoms with van der Waals surface area (Å²) in [6, 6.07) is 20.0. The zero-order chi connectivity index (χ0) is 39.5. The van der Waals surface area contributed by atoms with Crippen LogP contribution >= 0.6 is 23.7 Å². The molecule has 6 heterocycles. The van der Waals surface area contributed by atoms with Gasteiger partial charge in [-0.3, -0.25) is 19.6 Å². The van der Waals surface area contributed by atoms with Gasteiger partial charge < -0.3 is 26.5 Å². The van der Waals surface area contributed by atoms with E-state index in [1.165, 1.54) is 19.9 Å². The van der Waals surface area contributed by atoms with E-state index in [1.54, 1.807) is 85.5 Å². The third kappa shape index (κ3) is 9.68. The molecule has 0 bridgehead atoms. The van der Waals surface area contributed by atoms with E-state index >= 15 is 0 Å². The van der Waals surface area contributed by atoms with Crippen molar-refractivity contribution in [1.82, 2.24) is 29.2 Å². The first-order valence-corrected chi connectivity index (χ1v) is 21.5. The summed E-state index contributed by atoms with van der Waals surface area (Å²) in [7, 11) is -7.05. The molecule has 0 spiro atoms. The van der Waals surface area contributed by atoms with Gasteiger partial charge in [0.2, 0.25) is 20.0 Å². The third-order valence-electron chi connectivity index (χ3n) is 9.50. The van der Waals surface area contributed by atoms with Crippen LogP contribution in [0, 0.1) is 0 Å². The SMILES string of the molecule is Cl.NC1CCN(S(=O)(=O)c2ccc(CNC(=O)c3cc4ccncc4o3)cc2)C1.NC1CCN(S(=O)(=O)c2ccc(CNC(=O)c3cc4ccncc4s3)cc2)C1. The predicted molar refractivity (Wildman–Crippen MR) is 219 cm³/mol. The second-order valence-electron chi connectivity index (χ2n) is 13.5. The van der Waals surface area contributed by atoms with Crippen molar-refractivity contribution in [3.05, 3.63) is 119 Å². The first kappa shape index (κ1) is 41.8. The van der Waals surface area contributed by atoms with Crippen molar-refractivity contribution in [3.63, 3.8) is 0 Å². The predicted octanol–water partition coefficient (Wildman–Crippen LogP) is 3.85. The van der Waals surface area contributed by atoms with E-state index in [4.69, 9.17) is 15.9 Å². The van der Waals surface area contributed by atoms with E-state index in [0.717, 1.165) is 26.6 Å². The van der Waals surface area contributed by atoms with E-state index < -0.39 is 20.0 Å². The van der Waals surface area contributed by atoms with Gasteiger partial charge in [0.1, 0.15) is 0 Å². The normalized spacial score (nSPS) is 17.5. The number of hydrogen-bond acceptors (Lipinski definition) is 12. The molecule has 4 aromatic heterocycles. The zero-order valence-electron chi connectivity index (χ0n) is 30.5. The molecule has 2 fully saturated rings. The number of fused-ring (bicyclic) bond motifs is 2. The number of nitrogens with zero attached hydrogens (tertiary/aromatic N) is 4. The highest BCUT2D eigenvalue weighted by molar-refractivity contribution is 7.89. The molecule has 2 aliphatic heterocycles. The number of amides is 2. The summed E-state index contributed by atoms with van der Waals surface area (Å²) in [4.78, 5) is 33.8. The molecule has 0 saturated carbocycles. The van der Waals surface area contributed by atoms with Crippen LogP contribution in [0.3, 0.4) is 0 Å². The Kier molecular flexibility index (Phi) is 13.0. The molecule has 2 aliphatic rings. The maximum absolute atomic E-state index is 12.6. The number of benzene rings is 2. The lowest BCUT2D eigenvalue weighted by atomic mass is 10.2. The van der Waals surface area contributed by atoms with Gasteiger partial charge in [0.05, 0.1) is 25.6 Å². The number of hydrogen-bond donors (Lipinski definition) is 4. The lowest BCUT2D eigenvalue weighted by Crippen LogP contribution is -2.32. The summed E-state index contributed by atoms with van der Waals surface area (Å²) in [6.45, 7) is 2.15. The molecule has 6 aromatic rings. The lowest BCUT2D eigenvalue weighted by Gasteiger charge is -2.16. The summed E-state index contributed by atoms with van der Waals surface area (Å²) >= 11 is 1.39. The molecular formula is C38H41ClN8O7S3. The molecule has 2 saturated heterocycles. The molecule has 0 radical (unpaired) electrons. The standard InChI is InChI=1S/C19H20N4O4S.C19H20N4O3S2.ClH/c2*20-15-6-8-23(12-15)28(25,26)16-3-1-13(2-4-16)10-22-19(24)17-9-14-5-7-21-11-18(14)27-17;/h2*1-5,7,9,11,15H,6,8,10,12,20H2,(H,22,24);1H. The van der Waals surface area contributed by atoms with Crippen molar-refractivity contribution in [2.24, 2.45) is 11.5 Å². The van der Waals surface area contributed by atoms with Crippen molar-refractivity contribution in [2.45, 2.75) is 47.8 Å². The number of carbonyl (C=O) groups is 2. The van der Waals surface area contributed by atoms with Gasteiger partial charge in [0.25, 0.3) is 11.8 Å². The van der Waals surface area contributed by atoms with Crippen LogP contribution in [-0.4, -0.2) is 85.5 Å². The van der Waals surface area contributed by atoms with Crippen molar-refractivity contribution in [2.75, 3.05) is 26.2 Å². The minimum absolute atomic E-state index is 0. The van der Waals surface area contributed by atoms with E-state index in [-0.39, 0.29) is 58.4 Å². The highest BCUT2D eigenvalue weighted by Crippen LogP contribution is 2.25. The van der Waals surface area contributed by atoms with Crippen LogP contribution in [0.2, 0.25) is 0 Å². The minimum Gasteiger partial charge on any atom is -0.449 e. The summed E-state index contributed by atoms with van der Waals surface area (Å²) < 4.78 is 59.7. The Bertz CT molecular complexity index is 2340. The van der Waals surface area contributed by atoms with Crippen LogP contribution in [0.1, 0.15) is 44.2 Å². The Balaban J connectivity index is 0.000000189. The van der Waals surface area contributed by atoms with Gasteiger partial charge in [-0.1, -0.05) is 24.3 Å². The highest BCUT2D eigenvalue weighted by atomic mass is 35.5. The third-order valence-corrected chi connectivity index (χ3v) is 14.3. The molecule has 0 aliphatic carbocycles. The minimum atomic E-state index is -3.53. The van der Waals surface area contributed by atoms with E-state index in [0.29, 0.717) is 56.0 Å². The number of rotatable bonds is 10. The van der Waals surface area contributed by atoms with Crippen molar-refractivity contribution in [3.8, 4) is 0 Å². The van der Waals surface area contributed by atoms with Gasteiger partial charge in [-0.05, 0) is 77.9 Å². The second-order valence-corrected chi connectivity index (χ2v) is 18.5. The van der Waals surface area contributed by atoms with Gasteiger partial charge in [-0.15, -0.1) is 23.7 Å². The Morgan fingerprint density at radius 3 is 1.72 bits per heavy atom. The number of furan rings is 1. The van der Waals surface area contributed by atoms with Crippen LogP contribution in [0.15, 0.2) is 112 Å². The van der Waals surface area contributed by atoms with E-state index in [9.17, 15) is 26.4 Å². The van der Waals surface area contributed by atoms with Crippen molar-refractivity contribution < 1.29 is 30.8 Å². The maximum atomic E-state index is 12.6. The summed E-state index contributed by atoms with van der Waals surface area (Å²) in [5.74, 6) is -0.310. The maximum Gasteiger partial charge on any atom is 0.287 e. The molecule has 2 amide bonds. The molecule has 57 heavy (non-hydrogen) atoms. The molecule has 8 rings (SSSR count). The molecule has 19 heteroatoms. The number of halogens is 1. The molecule has 6 N–H and O–H groups in total. The summed E-state index contributed by atoms with van der Waals surface area (Å²) in [5, 5.41) is 7.43. The molecule has 300 valence electrons. The fraction of sp³-hybridized carbons (Fsp3) is 0.263. The van der Waals surface area contributed by atoms with E-state index in [1.807, 2.05) is 12.1 Å². The molecular weight excluding hydrogens is 812 g/mol. The Hall–Kier alpha value is -4.79. The van der Waals surface area contributed by atoms with Gasteiger partial charge in [0.15, 0.2) is 11.3 Å². The fourth-order valence-corrected chi connectivity index (χ4v) is 10.3. The Morgan fingerprint density at radius 1 is 0.719 bits per heavy atom. The summed E-state index contributed by atoms with van der Waals surface area (Å²) in [6.07, 6.45) is 7.97. The number of thiophene rings is 1. The highest BCUT2D eigenvalue weighted by Gasteiger charge is 2.32. The number of nitrogens with one attached hydrogen (secondary N) is 2. The monoisotopic (exact) mass is 852 g/mol. The molecule has 2 unspecified atom stereocenters. The quantitative estimate of drug-likeness (QED) is 0.155. The summed E-state index contributed by atoms with van der Waals surface area (Å²) in [5.41, 5.74) is 13.8. The van der Waals surface area contributed by atoms with E-state index in [2.05, 4.69) is 20.6 Å². The van der Waals surface area contributed by atoms with Crippen LogP contribution in [0.25, 0.3) is 21.1 Å². The van der Waals surface area contributed by atoms with Gasteiger partial charge in [-0.2, -0.15) is 8.61 Å². The molecule has 2 aromatic carbocycles. The number of carbonyl (C=O) groups excluding carboxylic acids is 2. The number of aromatic nitrogens is 2. The topological polar surface area (TPSA) is 224 Å². The van der Waals surface area contributed by atoms with Gasteiger partial charge in [-0.25, -0.2) is 16.8 Å². The van der Waals surface area contributed by atoms with Crippen molar-refractivity contribution >= 4 is 76.7 Å². The number of pyridine rings is 2.